The molecule has 144 valence electrons. The first kappa shape index (κ1) is 23.8. The molecule has 3 N–H and O–H groups in total. The molecule has 0 saturated carbocycles. The lowest BCUT2D eigenvalue weighted by atomic mass is 10.2. The van der Waals surface area contributed by atoms with E-state index >= 15 is 0 Å². The van der Waals surface area contributed by atoms with Crippen LogP contribution in [0.15, 0.2) is 72.9 Å². The van der Waals surface area contributed by atoms with Gasteiger partial charge in [0.15, 0.2) is 0 Å². The second kappa shape index (κ2) is 17.6. The Morgan fingerprint density at radius 2 is 1.42 bits per heavy atom. The number of rotatable bonds is 14. The van der Waals surface area contributed by atoms with Crippen LogP contribution in [0.25, 0.3) is 0 Å². The first-order chi connectivity index (χ1) is 12.5. The van der Waals surface area contributed by atoms with Crippen molar-refractivity contribution in [3.63, 3.8) is 0 Å². The van der Waals surface area contributed by atoms with Gasteiger partial charge in [-0.2, -0.15) is 0 Å². The maximum absolute atomic E-state index is 10.3. The summed E-state index contributed by atoms with van der Waals surface area (Å²) < 4.78 is 0. The van der Waals surface area contributed by atoms with Gasteiger partial charge in [-0.05, 0) is 39.0 Å². The van der Waals surface area contributed by atoms with E-state index < -0.39 is 18.2 Å². The highest BCUT2D eigenvalue weighted by molar-refractivity contribution is 5.66. The number of carboxylic acids is 1. The number of allylic oxidation sites excluding steroid dienone is 9. The molecule has 26 heavy (non-hydrogen) atoms. The molecule has 0 fully saturated rings. The molecule has 0 saturated heterocycles. The summed E-state index contributed by atoms with van der Waals surface area (Å²) in [6, 6.07) is 0. The van der Waals surface area contributed by atoms with Crippen molar-refractivity contribution < 1.29 is 20.1 Å². The summed E-state index contributed by atoms with van der Waals surface area (Å²) >= 11 is 0. The Hall–Kier alpha value is -2.17. The second-order valence-electron chi connectivity index (χ2n) is 5.84. The average molecular weight is 360 g/mol. The zero-order valence-corrected chi connectivity index (χ0v) is 15.6. The average Bonchev–Trinajstić information content (AvgIpc) is 2.58. The van der Waals surface area contributed by atoms with Gasteiger partial charge in [0.2, 0.25) is 0 Å². The highest BCUT2D eigenvalue weighted by Gasteiger charge is 1.93. The number of hydrogen-bond acceptors (Lipinski definition) is 3. The Kier molecular flexibility index (Phi) is 16.2. The van der Waals surface area contributed by atoms with E-state index in [2.05, 4.69) is 0 Å². The first-order valence-electron chi connectivity index (χ1n) is 9.05. The van der Waals surface area contributed by atoms with Crippen LogP contribution in [0.3, 0.4) is 0 Å². The van der Waals surface area contributed by atoms with Gasteiger partial charge < -0.3 is 15.3 Å². The number of carbonyl (C=O) groups is 1. The van der Waals surface area contributed by atoms with Crippen molar-refractivity contribution >= 4 is 5.97 Å². The molecule has 0 unspecified atom stereocenters. The maximum atomic E-state index is 10.3. The smallest absolute Gasteiger partial charge is 0.303 e. The van der Waals surface area contributed by atoms with Crippen LogP contribution in [-0.4, -0.2) is 33.5 Å². The largest absolute Gasteiger partial charge is 0.481 e. The Morgan fingerprint density at radius 1 is 0.808 bits per heavy atom. The molecule has 0 aromatic rings. The SMILES string of the molecule is C[C@H](O)/C=C\C/C=C\C[C@H](O)/C=C/C=C\C/C=C\C/C=C\CCC(=O)O. The monoisotopic (exact) mass is 360 g/mol. The Morgan fingerprint density at radius 3 is 2.12 bits per heavy atom. The van der Waals surface area contributed by atoms with Gasteiger partial charge in [0.25, 0.3) is 0 Å². The highest BCUT2D eigenvalue weighted by atomic mass is 16.4. The van der Waals surface area contributed by atoms with Crippen LogP contribution in [0.2, 0.25) is 0 Å². The standard InChI is InChI=1S/C22H32O4/c1-20(23)16-12-10-11-14-18-21(24)17-13-8-6-4-2-3-5-7-9-15-19-22(25)26/h2-3,6-9,11-14,16-17,20-21,23-24H,4-5,10,15,18-19H2,1H3,(H,25,26)/b3-2-,8-6-,9-7-,14-11-,16-12-,17-13+/t20-,21+/m0/s1. The van der Waals surface area contributed by atoms with Crippen LogP contribution >= 0.6 is 0 Å². The number of aliphatic hydroxyl groups excluding tert-OH is 2. The Balaban J connectivity index is 3.74. The van der Waals surface area contributed by atoms with Crippen molar-refractivity contribution in [1.29, 1.82) is 0 Å². The van der Waals surface area contributed by atoms with Crippen LogP contribution in [0, 0.1) is 0 Å². The van der Waals surface area contributed by atoms with Gasteiger partial charge in [0.05, 0.1) is 12.2 Å². The van der Waals surface area contributed by atoms with Crippen molar-refractivity contribution in [3.8, 4) is 0 Å². The minimum absolute atomic E-state index is 0.178. The first-order valence-corrected chi connectivity index (χ1v) is 9.05. The topological polar surface area (TPSA) is 77.8 Å². The number of aliphatic hydroxyl groups is 2. The fraction of sp³-hybridized carbons (Fsp3) is 0.409. The summed E-state index contributed by atoms with van der Waals surface area (Å²) in [6.45, 7) is 1.71. The number of aliphatic carboxylic acids is 1. The van der Waals surface area contributed by atoms with Gasteiger partial charge in [-0.3, -0.25) is 4.79 Å². The predicted molar refractivity (Wildman–Crippen MR) is 108 cm³/mol. The van der Waals surface area contributed by atoms with Crippen LogP contribution < -0.4 is 0 Å². The van der Waals surface area contributed by atoms with Gasteiger partial charge >= 0.3 is 5.97 Å². The van der Waals surface area contributed by atoms with Gasteiger partial charge in [-0.25, -0.2) is 0 Å². The molecule has 0 heterocycles. The highest BCUT2D eigenvalue weighted by Crippen LogP contribution is 1.99. The van der Waals surface area contributed by atoms with Crippen LogP contribution in [0.5, 0.6) is 0 Å². The van der Waals surface area contributed by atoms with E-state index in [0.717, 1.165) is 19.3 Å². The summed E-state index contributed by atoms with van der Waals surface area (Å²) in [7, 11) is 0. The van der Waals surface area contributed by atoms with Gasteiger partial charge in [0.1, 0.15) is 0 Å². The predicted octanol–water partition coefficient (Wildman–Crippen LogP) is 4.49. The maximum Gasteiger partial charge on any atom is 0.303 e. The molecule has 0 amide bonds. The van der Waals surface area contributed by atoms with Crippen molar-refractivity contribution in [2.24, 2.45) is 0 Å². The fourth-order valence-corrected chi connectivity index (χ4v) is 1.88. The number of carboxylic acid groups (broad SMARTS) is 1. The lowest BCUT2D eigenvalue weighted by Gasteiger charge is -1.98. The summed E-state index contributed by atoms with van der Waals surface area (Å²) in [5.41, 5.74) is 0. The fourth-order valence-electron chi connectivity index (χ4n) is 1.88. The molecule has 0 aromatic heterocycles. The van der Waals surface area contributed by atoms with Crippen molar-refractivity contribution in [2.45, 2.75) is 57.7 Å². The van der Waals surface area contributed by atoms with E-state index in [9.17, 15) is 9.90 Å². The molecule has 0 spiro atoms. The van der Waals surface area contributed by atoms with Gasteiger partial charge in [-0.15, -0.1) is 0 Å². The van der Waals surface area contributed by atoms with E-state index in [0.29, 0.717) is 12.8 Å². The van der Waals surface area contributed by atoms with E-state index in [1.165, 1.54) is 0 Å². The molecule has 4 heteroatoms. The van der Waals surface area contributed by atoms with E-state index in [1.807, 2.05) is 60.8 Å². The van der Waals surface area contributed by atoms with Gasteiger partial charge in [0, 0.05) is 6.42 Å². The summed E-state index contributed by atoms with van der Waals surface area (Å²) in [5.74, 6) is -0.769. The Bertz CT molecular complexity index is 522. The van der Waals surface area contributed by atoms with Gasteiger partial charge in [-0.1, -0.05) is 72.9 Å². The summed E-state index contributed by atoms with van der Waals surface area (Å²) in [5, 5.41) is 27.3. The quantitative estimate of drug-likeness (QED) is 0.315. The summed E-state index contributed by atoms with van der Waals surface area (Å²) in [4.78, 5) is 10.3. The van der Waals surface area contributed by atoms with Crippen LogP contribution in [-0.2, 0) is 4.79 Å². The molecule has 0 bridgehead atoms. The molecule has 0 aromatic carbocycles. The molecule has 0 radical (unpaired) electrons. The van der Waals surface area contributed by atoms with Crippen molar-refractivity contribution in [1.82, 2.24) is 0 Å². The Labute approximate surface area is 157 Å². The van der Waals surface area contributed by atoms with Crippen LogP contribution in [0.1, 0.15) is 45.4 Å². The minimum Gasteiger partial charge on any atom is -0.481 e. The molecule has 2 atom stereocenters. The zero-order valence-electron chi connectivity index (χ0n) is 15.6. The summed E-state index contributed by atoms with van der Waals surface area (Å²) in [6.07, 6.45) is 25.7. The third-order valence-electron chi connectivity index (χ3n) is 3.21. The lowest BCUT2D eigenvalue weighted by Crippen LogP contribution is -1.98. The molecule has 0 rings (SSSR count). The zero-order chi connectivity index (χ0) is 19.5. The minimum atomic E-state index is -0.769. The third kappa shape index (κ3) is 19.9. The molecule has 4 nitrogen and oxygen atoms in total. The van der Waals surface area contributed by atoms with Crippen molar-refractivity contribution in [2.75, 3.05) is 0 Å². The van der Waals surface area contributed by atoms with Crippen LogP contribution in [0.4, 0.5) is 0 Å². The van der Waals surface area contributed by atoms with E-state index in [1.54, 1.807) is 19.1 Å². The third-order valence-corrected chi connectivity index (χ3v) is 3.21. The second-order valence-corrected chi connectivity index (χ2v) is 5.84. The molecule has 0 aliphatic carbocycles. The molecule has 0 aliphatic heterocycles. The lowest BCUT2D eigenvalue weighted by molar-refractivity contribution is -0.136. The number of hydrogen-bond donors (Lipinski definition) is 3. The van der Waals surface area contributed by atoms with Crippen molar-refractivity contribution in [3.05, 3.63) is 72.9 Å². The normalized spacial score (nSPS) is 15.5. The van der Waals surface area contributed by atoms with E-state index in [-0.39, 0.29) is 6.42 Å². The van der Waals surface area contributed by atoms with E-state index in [4.69, 9.17) is 10.2 Å². The molecular formula is C22H32O4. The molecular weight excluding hydrogens is 328 g/mol. The molecule has 0 aliphatic rings.